The Bertz CT molecular complexity index is 329. The maximum atomic E-state index is 10.4. The quantitative estimate of drug-likeness (QED) is 0.676. The van der Waals surface area contributed by atoms with Gasteiger partial charge in [-0.2, -0.15) is 0 Å². The van der Waals surface area contributed by atoms with Crippen LogP contribution in [0.1, 0.15) is 28.8 Å². The molecule has 68 valence electrons. The fourth-order valence-electron chi connectivity index (χ4n) is 1.44. The Morgan fingerprint density at radius 2 is 2.23 bits per heavy atom. The van der Waals surface area contributed by atoms with E-state index in [2.05, 4.69) is 0 Å². The molecular formula is C11H11ClO. The topological polar surface area (TPSA) is 17.1 Å². The van der Waals surface area contributed by atoms with Crippen LogP contribution in [0.4, 0.5) is 0 Å². The van der Waals surface area contributed by atoms with Crippen molar-refractivity contribution in [3.8, 4) is 0 Å². The normalized spacial score (nSPS) is 15.8. The zero-order valence-electron chi connectivity index (χ0n) is 7.29. The van der Waals surface area contributed by atoms with Crippen LogP contribution in [0.5, 0.6) is 0 Å². The first-order valence-electron chi connectivity index (χ1n) is 4.53. The molecule has 13 heavy (non-hydrogen) atoms. The van der Waals surface area contributed by atoms with Crippen molar-refractivity contribution in [2.24, 2.45) is 5.92 Å². The zero-order chi connectivity index (χ0) is 9.26. The molecule has 1 nitrogen and oxygen atoms in total. The first kappa shape index (κ1) is 8.76. The molecule has 0 atom stereocenters. The van der Waals surface area contributed by atoms with E-state index < -0.39 is 0 Å². The van der Waals surface area contributed by atoms with Gasteiger partial charge < -0.3 is 0 Å². The molecule has 0 aromatic heterocycles. The van der Waals surface area contributed by atoms with Gasteiger partial charge in [0.2, 0.25) is 0 Å². The smallest absolute Gasteiger partial charge is 0.150 e. The Balaban J connectivity index is 2.20. The van der Waals surface area contributed by atoms with E-state index in [9.17, 15) is 4.79 Å². The highest BCUT2D eigenvalue weighted by Gasteiger charge is 2.22. The summed E-state index contributed by atoms with van der Waals surface area (Å²) in [5.41, 5.74) is 1.83. The maximum absolute atomic E-state index is 10.4. The largest absolute Gasteiger partial charge is 0.298 e. The van der Waals surface area contributed by atoms with E-state index in [1.807, 2.05) is 12.1 Å². The van der Waals surface area contributed by atoms with Gasteiger partial charge in [-0.1, -0.05) is 23.7 Å². The average molecular weight is 195 g/mol. The minimum Gasteiger partial charge on any atom is -0.298 e. The number of rotatable bonds is 3. The summed E-state index contributed by atoms with van der Waals surface area (Å²) in [5, 5.41) is 0.733. The van der Waals surface area contributed by atoms with Gasteiger partial charge in [-0.05, 0) is 36.8 Å². The second-order valence-electron chi connectivity index (χ2n) is 3.62. The molecular weight excluding hydrogens is 184 g/mol. The van der Waals surface area contributed by atoms with Gasteiger partial charge in [0.25, 0.3) is 0 Å². The van der Waals surface area contributed by atoms with E-state index >= 15 is 0 Å². The van der Waals surface area contributed by atoms with Crippen LogP contribution in [0.2, 0.25) is 5.02 Å². The monoisotopic (exact) mass is 194 g/mol. The molecule has 0 unspecified atom stereocenters. The summed E-state index contributed by atoms with van der Waals surface area (Å²) in [4.78, 5) is 10.4. The second-order valence-corrected chi connectivity index (χ2v) is 4.02. The van der Waals surface area contributed by atoms with Crippen LogP contribution in [0, 0.1) is 5.92 Å². The van der Waals surface area contributed by atoms with Crippen LogP contribution < -0.4 is 0 Å². The number of hydrogen-bond donors (Lipinski definition) is 0. The van der Waals surface area contributed by atoms with Crippen LogP contribution in [-0.2, 0) is 6.42 Å². The minimum atomic E-state index is 0.657. The van der Waals surface area contributed by atoms with Crippen molar-refractivity contribution >= 4 is 17.9 Å². The van der Waals surface area contributed by atoms with Gasteiger partial charge in [0.1, 0.15) is 6.29 Å². The predicted octanol–water partition coefficient (Wildman–Crippen LogP) is 3.11. The van der Waals surface area contributed by atoms with E-state index in [1.54, 1.807) is 6.07 Å². The third-order valence-corrected chi connectivity index (χ3v) is 2.77. The number of aldehydes is 1. The summed E-state index contributed by atoms with van der Waals surface area (Å²) in [6, 6.07) is 5.53. The fraction of sp³-hybridized carbons (Fsp3) is 0.364. The molecule has 0 amide bonds. The molecule has 0 aliphatic heterocycles. The maximum Gasteiger partial charge on any atom is 0.150 e. The van der Waals surface area contributed by atoms with E-state index in [0.717, 1.165) is 23.6 Å². The van der Waals surface area contributed by atoms with Crippen molar-refractivity contribution in [1.82, 2.24) is 0 Å². The molecule has 1 aromatic rings. The van der Waals surface area contributed by atoms with Gasteiger partial charge in [-0.25, -0.2) is 0 Å². The average Bonchev–Trinajstić information content (AvgIpc) is 2.92. The van der Waals surface area contributed by atoms with Gasteiger partial charge in [0.05, 0.1) is 0 Å². The molecule has 2 rings (SSSR count). The molecule has 0 saturated heterocycles. The highest BCUT2D eigenvalue weighted by Crippen LogP contribution is 2.34. The molecule has 0 N–H and O–H groups in total. The molecule has 1 aliphatic carbocycles. The lowest BCUT2D eigenvalue weighted by Crippen LogP contribution is -1.90. The highest BCUT2D eigenvalue weighted by molar-refractivity contribution is 6.31. The van der Waals surface area contributed by atoms with E-state index in [-0.39, 0.29) is 0 Å². The summed E-state index contributed by atoms with van der Waals surface area (Å²) < 4.78 is 0. The molecule has 1 fully saturated rings. The van der Waals surface area contributed by atoms with Crippen molar-refractivity contribution in [2.45, 2.75) is 19.3 Å². The fourth-order valence-corrected chi connectivity index (χ4v) is 1.70. The zero-order valence-corrected chi connectivity index (χ0v) is 8.05. The number of carbonyl (C=O) groups excluding carboxylic acids is 1. The molecule has 1 saturated carbocycles. The van der Waals surface area contributed by atoms with Crippen molar-refractivity contribution in [3.05, 3.63) is 34.3 Å². The third-order valence-electron chi connectivity index (χ3n) is 2.42. The molecule has 0 bridgehead atoms. The van der Waals surface area contributed by atoms with Crippen LogP contribution in [0.3, 0.4) is 0 Å². The summed E-state index contributed by atoms with van der Waals surface area (Å²) in [6.45, 7) is 0. The lowest BCUT2D eigenvalue weighted by Gasteiger charge is -2.02. The van der Waals surface area contributed by atoms with Gasteiger partial charge in [-0.3, -0.25) is 4.79 Å². The SMILES string of the molecule is O=Cc1ccc(CC2CC2)c(Cl)c1. The van der Waals surface area contributed by atoms with Gasteiger partial charge in [0, 0.05) is 10.6 Å². The Hall–Kier alpha value is -0.820. The number of halogens is 1. The van der Waals surface area contributed by atoms with Gasteiger partial charge in [0.15, 0.2) is 0 Å². The van der Waals surface area contributed by atoms with Crippen molar-refractivity contribution in [3.63, 3.8) is 0 Å². The summed E-state index contributed by atoms with van der Waals surface area (Å²) in [6.07, 6.45) is 4.54. The van der Waals surface area contributed by atoms with Crippen LogP contribution in [0.25, 0.3) is 0 Å². The van der Waals surface area contributed by atoms with Crippen molar-refractivity contribution < 1.29 is 4.79 Å². The number of carbonyl (C=O) groups is 1. The second kappa shape index (κ2) is 3.51. The number of benzene rings is 1. The standard InChI is InChI=1S/C11H11ClO/c12-11-6-9(7-13)3-4-10(11)5-8-1-2-8/h3-4,6-8H,1-2,5H2. The molecule has 0 radical (unpaired) electrons. The van der Waals surface area contributed by atoms with E-state index in [4.69, 9.17) is 11.6 Å². The summed E-state index contributed by atoms with van der Waals surface area (Å²) in [5.74, 6) is 0.833. The first-order valence-corrected chi connectivity index (χ1v) is 4.91. The van der Waals surface area contributed by atoms with Crippen LogP contribution >= 0.6 is 11.6 Å². The summed E-state index contributed by atoms with van der Waals surface area (Å²) >= 11 is 6.02. The van der Waals surface area contributed by atoms with Crippen LogP contribution in [-0.4, -0.2) is 6.29 Å². The number of hydrogen-bond acceptors (Lipinski definition) is 1. The Morgan fingerprint density at radius 1 is 1.46 bits per heavy atom. The molecule has 1 aliphatic rings. The minimum absolute atomic E-state index is 0.657. The predicted molar refractivity (Wildman–Crippen MR) is 53.3 cm³/mol. The summed E-state index contributed by atoms with van der Waals surface area (Å²) in [7, 11) is 0. The Kier molecular flexibility index (Phi) is 2.36. The van der Waals surface area contributed by atoms with Gasteiger partial charge >= 0.3 is 0 Å². The highest BCUT2D eigenvalue weighted by atomic mass is 35.5. The Labute approximate surface area is 82.7 Å². The Morgan fingerprint density at radius 3 is 2.77 bits per heavy atom. The lowest BCUT2D eigenvalue weighted by atomic mass is 10.1. The van der Waals surface area contributed by atoms with E-state index in [0.29, 0.717) is 5.56 Å². The molecule has 1 aromatic carbocycles. The lowest BCUT2D eigenvalue weighted by molar-refractivity contribution is 0.112. The van der Waals surface area contributed by atoms with Crippen molar-refractivity contribution in [2.75, 3.05) is 0 Å². The molecule has 0 heterocycles. The third kappa shape index (κ3) is 2.10. The van der Waals surface area contributed by atoms with Crippen LogP contribution in [0.15, 0.2) is 18.2 Å². The van der Waals surface area contributed by atoms with E-state index in [1.165, 1.54) is 18.4 Å². The molecule has 0 spiro atoms. The van der Waals surface area contributed by atoms with Gasteiger partial charge in [-0.15, -0.1) is 0 Å². The molecule has 2 heteroatoms. The van der Waals surface area contributed by atoms with Crippen molar-refractivity contribution in [1.29, 1.82) is 0 Å². The first-order chi connectivity index (χ1) is 6.29.